The number of likely N-dealkylation sites (tertiary alicyclic amines) is 1. The molecule has 3 rings (SSSR count). The number of carbonyl (C=O) groups excluding carboxylic acids is 2. The van der Waals surface area contributed by atoms with E-state index in [1.807, 2.05) is 13.8 Å². The summed E-state index contributed by atoms with van der Waals surface area (Å²) in [5.41, 5.74) is -0.0360. The van der Waals surface area contributed by atoms with Crippen LogP contribution < -0.4 is 5.56 Å². The summed E-state index contributed by atoms with van der Waals surface area (Å²) >= 11 is 0. The first-order valence-corrected chi connectivity index (χ1v) is 8.53. The summed E-state index contributed by atoms with van der Waals surface area (Å²) in [4.78, 5) is 52.9. The number of hydrogen-bond donors (Lipinski definition) is 2. The lowest BCUT2D eigenvalue weighted by atomic mass is 9.75. The number of rotatable bonds is 2. The van der Waals surface area contributed by atoms with E-state index in [0.717, 1.165) is 6.42 Å². The number of hydrogen-bond acceptors (Lipinski definition) is 4. The van der Waals surface area contributed by atoms with E-state index in [4.69, 9.17) is 0 Å². The van der Waals surface area contributed by atoms with Crippen molar-refractivity contribution in [3.05, 3.63) is 33.2 Å². The van der Waals surface area contributed by atoms with Gasteiger partial charge in [0.25, 0.3) is 11.5 Å². The van der Waals surface area contributed by atoms with Crippen LogP contribution in [0.15, 0.2) is 10.9 Å². The first-order valence-electron chi connectivity index (χ1n) is 8.53. The fourth-order valence-corrected chi connectivity index (χ4v) is 3.77. The molecule has 2 aliphatic rings. The second-order valence-corrected chi connectivity index (χ2v) is 7.69. The van der Waals surface area contributed by atoms with Crippen LogP contribution in [0.4, 0.5) is 0 Å². The zero-order valence-corrected chi connectivity index (χ0v) is 14.4. The fraction of sp³-hybridized carbons (Fsp3) is 0.556. The topological polar surface area (TPSA) is 108 Å². The number of fused-ring (bicyclic) bond motifs is 1. The van der Waals surface area contributed by atoms with E-state index in [1.54, 1.807) is 0 Å². The number of carbonyl (C=O) groups is 3. The van der Waals surface area contributed by atoms with Crippen LogP contribution in [0.1, 0.15) is 65.9 Å². The number of aromatic nitrogens is 1. The van der Waals surface area contributed by atoms with Crippen molar-refractivity contribution in [2.24, 2.45) is 5.41 Å². The Morgan fingerprint density at radius 1 is 1.24 bits per heavy atom. The summed E-state index contributed by atoms with van der Waals surface area (Å²) in [5.74, 6) is -1.79. The second kappa shape index (κ2) is 6.13. The van der Waals surface area contributed by atoms with Gasteiger partial charge in [0.1, 0.15) is 11.6 Å². The number of H-pyrrole nitrogens is 1. The molecule has 7 heteroatoms. The third kappa shape index (κ3) is 3.23. The van der Waals surface area contributed by atoms with Crippen molar-refractivity contribution < 1.29 is 19.5 Å². The predicted octanol–water partition coefficient (Wildman–Crippen LogP) is 1.61. The Labute approximate surface area is 145 Å². The minimum atomic E-state index is -1.07. The summed E-state index contributed by atoms with van der Waals surface area (Å²) in [7, 11) is 0. The molecule has 1 aliphatic carbocycles. The van der Waals surface area contributed by atoms with Gasteiger partial charge in [0.2, 0.25) is 0 Å². The van der Waals surface area contributed by atoms with Crippen LogP contribution in [0.5, 0.6) is 0 Å². The third-order valence-corrected chi connectivity index (χ3v) is 5.00. The Hall–Kier alpha value is -2.44. The highest BCUT2D eigenvalue weighted by atomic mass is 16.4. The molecule has 25 heavy (non-hydrogen) atoms. The van der Waals surface area contributed by atoms with Gasteiger partial charge in [-0.05, 0) is 37.2 Å². The quantitative estimate of drug-likeness (QED) is 0.846. The number of nitrogens with one attached hydrogen (secondary N) is 1. The van der Waals surface area contributed by atoms with Gasteiger partial charge in [-0.3, -0.25) is 14.4 Å². The Balaban J connectivity index is 1.99. The number of pyridine rings is 1. The largest absolute Gasteiger partial charge is 0.480 e. The molecule has 0 bridgehead atoms. The number of aromatic amines is 1. The highest BCUT2D eigenvalue weighted by molar-refractivity contribution is 6.02. The van der Waals surface area contributed by atoms with Crippen LogP contribution in [0.25, 0.3) is 0 Å². The normalized spacial score (nSPS) is 22.4. The van der Waals surface area contributed by atoms with E-state index < -0.39 is 23.5 Å². The number of amides is 1. The highest BCUT2D eigenvalue weighted by Crippen LogP contribution is 2.33. The van der Waals surface area contributed by atoms with Gasteiger partial charge in [0.15, 0.2) is 5.78 Å². The van der Waals surface area contributed by atoms with Crippen molar-refractivity contribution in [3.63, 3.8) is 0 Å². The fourth-order valence-electron chi connectivity index (χ4n) is 3.77. The molecule has 0 saturated carbocycles. The maximum atomic E-state index is 12.8. The molecule has 7 nitrogen and oxygen atoms in total. The molecule has 1 aliphatic heterocycles. The van der Waals surface area contributed by atoms with Crippen molar-refractivity contribution in [2.45, 2.75) is 52.0 Å². The zero-order chi connectivity index (χ0) is 18.4. The molecule has 0 aromatic carbocycles. The molecule has 1 unspecified atom stereocenters. The summed E-state index contributed by atoms with van der Waals surface area (Å²) in [6, 6.07) is 0.424. The molecule has 134 valence electrons. The first-order chi connectivity index (χ1) is 11.7. The zero-order valence-electron chi connectivity index (χ0n) is 14.4. The molecule has 2 N–H and O–H groups in total. The highest BCUT2D eigenvalue weighted by Gasteiger charge is 2.36. The standard InChI is InChI=1S/C18H22N2O5/c1-18(2)8-12-10(14(21)9-18)7-11(15(22)19-12)16(23)20-6-4-3-5-13(20)17(24)25/h7,13H,3-6,8-9H2,1-2H3,(H,19,22)(H,24,25). The van der Waals surface area contributed by atoms with E-state index in [1.165, 1.54) is 11.0 Å². The maximum Gasteiger partial charge on any atom is 0.326 e. The lowest BCUT2D eigenvalue weighted by molar-refractivity contribution is -0.143. The summed E-state index contributed by atoms with van der Waals surface area (Å²) in [6.07, 6.45) is 2.71. The number of ketones is 1. The molecule has 0 spiro atoms. The van der Waals surface area contributed by atoms with Gasteiger partial charge in [-0.15, -0.1) is 0 Å². The number of nitrogens with zero attached hydrogens (tertiary/aromatic N) is 1. The Kier molecular flexibility index (Phi) is 4.26. The maximum absolute atomic E-state index is 12.8. The van der Waals surface area contributed by atoms with Crippen LogP contribution in [0, 0.1) is 5.41 Å². The summed E-state index contributed by atoms with van der Waals surface area (Å²) < 4.78 is 0. The average molecular weight is 346 g/mol. The van der Waals surface area contributed by atoms with E-state index in [2.05, 4.69) is 4.98 Å². The van der Waals surface area contributed by atoms with Gasteiger partial charge in [-0.2, -0.15) is 0 Å². The lowest BCUT2D eigenvalue weighted by Gasteiger charge is -2.33. The molecule has 1 aromatic rings. The lowest BCUT2D eigenvalue weighted by Crippen LogP contribution is -2.49. The Bertz CT molecular complexity index is 808. The number of carboxylic acid groups (broad SMARTS) is 1. The van der Waals surface area contributed by atoms with E-state index >= 15 is 0 Å². The molecule has 1 atom stereocenters. The van der Waals surface area contributed by atoms with E-state index in [9.17, 15) is 24.3 Å². The molecular weight excluding hydrogens is 324 g/mol. The minimum Gasteiger partial charge on any atom is -0.480 e. The Morgan fingerprint density at radius 3 is 2.64 bits per heavy atom. The monoisotopic (exact) mass is 346 g/mol. The third-order valence-electron chi connectivity index (χ3n) is 5.00. The summed E-state index contributed by atoms with van der Waals surface area (Å²) in [5, 5.41) is 9.33. The predicted molar refractivity (Wildman–Crippen MR) is 89.8 cm³/mol. The molecule has 1 amide bonds. The minimum absolute atomic E-state index is 0.107. The molecule has 2 heterocycles. The molecule has 1 saturated heterocycles. The average Bonchev–Trinajstić information content (AvgIpc) is 2.52. The van der Waals surface area contributed by atoms with Gasteiger partial charge < -0.3 is 15.0 Å². The van der Waals surface area contributed by atoms with E-state index in [0.29, 0.717) is 43.5 Å². The van der Waals surface area contributed by atoms with Gasteiger partial charge in [-0.25, -0.2) is 4.79 Å². The SMILES string of the molecule is CC1(C)CC(=O)c2cc(C(=O)N3CCCCC3C(=O)O)c(=O)[nH]c2C1. The molecule has 1 aromatic heterocycles. The van der Waals surface area contributed by atoms with Crippen LogP contribution in [0.3, 0.4) is 0 Å². The van der Waals surface area contributed by atoms with Crippen LogP contribution in [-0.4, -0.2) is 45.2 Å². The van der Waals surface area contributed by atoms with Crippen LogP contribution in [-0.2, 0) is 11.2 Å². The molecule has 0 radical (unpaired) electrons. The van der Waals surface area contributed by atoms with Crippen molar-refractivity contribution in [1.29, 1.82) is 0 Å². The number of piperidine rings is 1. The van der Waals surface area contributed by atoms with Crippen LogP contribution in [0.2, 0.25) is 0 Å². The first kappa shape index (κ1) is 17.4. The van der Waals surface area contributed by atoms with Crippen molar-refractivity contribution >= 4 is 17.7 Å². The molecular formula is C18H22N2O5. The number of carboxylic acids is 1. The van der Waals surface area contributed by atoms with Crippen molar-refractivity contribution in [3.8, 4) is 0 Å². The van der Waals surface area contributed by atoms with E-state index in [-0.39, 0.29) is 16.8 Å². The van der Waals surface area contributed by atoms with Crippen molar-refractivity contribution in [2.75, 3.05) is 6.54 Å². The second-order valence-electron chi connectivity index (χ2n) is 7.69. The van der Waals surface area contributed by atoms with Crippen molar-refractivity contribution in [1.82, 2.24) is 9.88 Å². The number of Topliss-reactive ketones (excluding diaryl/α,β-unsaturated/α-hetero) is 1. The van der Waals surface area contributed by atoms with Gasteiger partial charge in [0.05, 0.1) is 0 Å². The van der Waals surface area contributed by atoms with Crippen LogP contribution >= 0.6 is 0 Å². The van der Waals surface area contributed by atoms with Gasteiger partial charge in [-0.1, -0.05) is 13.8 Å². The smallest absolute Gasteiger partial charge is 0.326 e. The molecule has 1 fully saturated rings. The van der Waals surface area contributed by atoms with Gasteiger partial charge >= 0.3 is 5.97 Å². The Morgan fingerprint density at radius 2 is 1.96 bits per heavy atom. The van der Waals surface area contributed by atoms with Gasteiger partial charge in [0, 0.05) is 24.2 Å². The number of aliphatic carboxylic acids is 1. The summed E-state index contributed by atoms with van der Waals surface area (Å²) in [6.45, 7) is 4.21.